The zero-order chi connectivity index (χ0) is 14.7. The monoisotopic (exact) mass is 267 g/mol. The van der Waals surface area contributed by atoms with Crippen LogP contribution in [-0.4, -0.2) is 31.3 Å². The molecule has 0 aliphatic rings. The van der Waals surface area contributed by atoms with Crippen LogP contribution in [0.15, 0.2) is 12.2 Å². The number of ketones is 1. The number of unbranched alkanes of at least 4 members (excludes halogenated alkanes) is 1. The Labute approximate surface area is 120 Å². The highest BCUT2D eigenvalue weighted by Gasteiger charge is 2.19. The van der Waals surface area contributed by atoms with Crippen LogP contribution in [0.25, 0.3) is 0 Å². The number of carbonyl (C=O) groups excluding carboxylic acids is 1. The van der Waals surface area contributed by atoms with E-state index < -0.39 is 0 Å². The van der Waals surface area contributed by atoms with Gasteiger partial charge in [0.2, 0.25) is 0 Å². The van der Waals surface area contributed by atoms with Crippen molar-refractivity contribution < 1.29 is 4.79 Å². The molecule has 2 nitrogen and oxygen atoms in total. The van der Waals surface area contributed by atoms with E-state index in [4.69, 9.17) is 0 Å². The van der Waals surface area contributed by atoms with E-state index in [9.17, 15) is 4.79 Å². The first-order valence-corrected chi connectivity index (χ1v) is 7.79. The number of carbonyl (C=O) groups is 1. The van der Waals surface area contributed by atoms with Crippen molar-refractivity contribution in [2.24, 2.45) is 11.8 Å². The maximum atomic E-state index is 11.7. The highest BCUT2D eigenvalue weighted by atomic mass is 16.1. The summed E-state index contributed by atoms with van der Waals surface area (Å²) in [6, 6.07) is 0. The maximum Gasteiger partial charge on any atom is 0.133 e. The van der Waals surface area contributed by atoms with Crippen molar-refractivity contribution in [3.63, 3.8) is 0 Å². The van der Waals surface area contributed by atoms with Crippen LogP contribution in [0.2, 0.25) is 0 Å². The summed E-state index contributed by atoms with van der Waals surface area (Å²) in [6.45, 7) is 7.31. The molecule has 0 saturated heterocycles. The lowest BCUT2D eigenvalue weighted by Gasteiger charge is -2.20. The molecular formula is C17H33NO. The fourth-order valence-corrected chi connectivity index (χ4v) is 2.58. The SMILES string of the molecule is CCCC(C)[C@@H](CC/C=C\CCCN(C)C)C(C)=O. The van der Waals surface area contributed by atoms with Crippen molar-refractivity contribution in [3.8, 4) is 0 Å². The summed E-state index contributed by atoms with van der Waals surface area (Å²) in [5.74, 6) is 1.15. The summed E-state index contributed by atoms with van der Waals surface area (Å²) in [7, 11) is 4.21. The van der Waals surface area contributed by atoms with E-state index in [0.717, 1.165) is 32.2 Å². The average molecular weight is 267 g/mol. The van der Waals surface area contributed by atoms with E-state index >= 15 is 0 Å². The first-order valence-electron chi connectivity index (χ1n) is 7.79. The Morgan fingerprint density at radius 3 is 2.32 bits per heavy atom. The lowest BCUT2D eigenvalue weighted by atomic mass is 9.84. The van der Waals surface area contributed by atoms with Gasteiger partial charge < -0.3 is 4.90 Å². The van der Waals surface area contributed by atoms with Gasteiger partial charge in [0.15, 0.2) is 0 Å². The van der Waals surface area contributed by atoms with Crippen LogP contribution >= 0.6 is 0 Å². The third kappa shape index (κ3) is 9.89. The fraction of sp³-hybridized carbons (Fsp3) is 0.824. The summed E-state index contributed by atoms with van der Waals surface area (Å²) >= 11 is 0. The molecule has 0 fully saturated rings. The molecule has 0 aromatic rings. The molecular weight excluding hydrogens is 234 g/mol. The molecule has 112 valence electrons. The highest BCUT2D eigenvalue weighted by Crippen LogP contribution is 2.23. The second kappa shape index (κ2) is 11.2. The Morgan fingerprint density at radius 2 is 1.79 bits per heavy atom. The highest BCUT2D eigenvalue weighted by molar-refractivity contribution is 5.78. The molecule has 0 spiro atoms. The van der Waals surface area contributed by atoms with Crippen LogP contribution in [-0.2, 0) is 4.79 Å². The molecule has 0 aromatic carbocycles. The molecule has 0 aliphatic heterocycles. The predicted molar refractivity (Wildman–Crippen MR) is 84.4 cm³/mol. The Morgan fingerprint density at radius 1 is 1.16 bits per heavy atom. The van der Waals surface area contributed by atoms with E-state index in [0.29, 0.717) is 11.7 Å². The van der Waals surface area contributed by atoms with Crippen molar-refractivity contribution in [1.29, 1.82) is 0 Å². The van der Waals surface area contributed by atoms with Crippen LogP contribution < -0.4 is 0 Å². The first-order chi connectivity index (χ1) is 8.99. The Hall–Kier alpha value is -0.630. The second-order valence-corrected chi connectivity index (χ2v) is 5.98. The molecule has 0 aliphatic carbocycles. The van der Waals surface area contributed by atoms with Crippen molar-refractivity contribution in [2.45, 2.75) is 59.3 Å². The van der Waals surface area contributed by atoms with Gasteiger partial charge in [0.05, 0.1) is 0 Å². The van der Waals surface area contributed by atoms with E-state index in [1.165, 1.54) is 12.8 Å². The zero-order valence-corrected chi connectivity index (χ0v) is 13.6. The summed E-state index contributed by atoms with van der Waals surface area (Å²) in [4.78, 5) is 13.9. The van der Waals surface area contributed by atoms with Gasteiger partial charge in [-0.1, -0.05) is 38.8 Å². The standard InChI is InChI=1S/C17H33NO/c1-6-12-15(2)17(16(3)19)13-10-8-7-9-11-14-18(4)5/h7-8,15,17H,6,9-14H2,1-5H3/b8-7-/t15?,17-/m1/s1. The number of nitrogens with zero attached hydrogens (tertiary/aromatic N) is 1. The molecule has 0 saturated carbocycles. The number of allylic oxidation sites excluding steroid dienone is 2. The van der Waals surface area contributed by atoms with Gasteiger partial charge >= 0.3 is 0 Å². The van der Waals surface area contributed by atoms with Gasteiger partial charge in [0, 0.05) is 5.92 Å². The topological polar surface area (TPSA) is 20.3 Å². The molecule has 0 bridgehead atoms. The largest absolute Gasteiger partial charge is 0.309 e. The van der Waals surface area contributed by atoms with Gasteiger partial charge in [0.25, 0.3) is 0 Å². The molecule has 0 heterocycles. The Balaban J connectivity index is 3.87. The minimum atomic E-state index is 0.256. The van der Waals surface area contributed by atoms with Gasteiger partial charge in [-0.2, -0.15) is 0 Å². The van der Waals surface area contributed by atoms with Gasteiger partial charge in [-0.15, -0.1) is 0 Å². The first kappa shape index (κ1) is 18.4. The molecule has 0 amide bonds. The molecule has 0 aromatic heterocycles. The molecule has 0 radical (unpaired) electrons. The molecule has 2 atom stereocenters. The third-order valence-corrected chi connectivity index (χ3v) is 3.74. The van der Waals surface area contributed by atoms with Gasteiger partial charge in [-0.3, -0.25) is 4.79 Å². The fourth-order valence-electron chi connectivity index (χ4n) is 2.58. The molecule has 0 N–H and O–H groups in total. The molecule has 0 rings (SSSR count). The van der Waals surface area contributed by atoms with Crippen LogP contribution in [0.4, 0.5) is 0 Å². The number of hydrogen-bond acceptors (Lipinski definition) is 2. The second-order valence-electron chi connectivity index (χ2n) is 5.98. The number of rotatable bonds is 11. The average Bonchev–Trinajstić information content (AvgIpc) is 2.31. The lowest BCUT2D eigenvalue weighted by molar-refractivity contribution is -0.122. The van der Waals surface area contributed by atoms with Crippen LogP contribution in [0.1, 0.15) is 59.3 Å². The van der Waals surface area contributed by atoms with Gasteiger partial charge in [0.1, 0.15) is 5.78 Å². The van der Waals surface area contributed by atoms with E-state index in [-0.39, 0.29) is 5.92 Å². The summed E-state index contributed by atoms with van der Waals surface area (Å²) in [5, 5.41) is 0. The van der Waals surface area contributed by atoms with Crippen LogP contribution in [0.3, 0.4) is 0 Å². The molecule has 2 heteroatoms. The Bertz CT molecular complexity index is 258. The zero-order valence-electron chi connectivity index (χ0n) is 13.6. The maximum absolute atomic E-state index is 11.7. The van der Waals surface area contributed by atoms with Crippen molar-refractivity contribution in [1.82, 2.24) is 4.90 Å². The smallest absolute Gasteiger partial charge is 0.133 e. The normalized spacial score (nSPS) is 15.1. The number of hydrogen-bond donors (Lipinski definition) is 0. The van der Waals surface area contributed by atoms with E-state index in [1.807, 2.05) is 0 Å². The minimum absolute atomic E-state index is 0.256. The summed E-state index contributed by atoms with van der Waals surface area (Å²) < 4.78 is 0. The van der Waals surface area contributed by atoms with Gasteiger partial charge in [-0.05, 0) is 59.2 Å². The van der Waals surface area contributed by atoms with Crippen molar-refractivity contribution in [2.75, 3.05) is 20.6 Å². The quantitative estimate of drug-likeness (QED) is 0.411. The molecule has 1 unspecified atom stereocenters. The molecule has 19 heavy (non-hydrogen) atoms. The van der Waals surface area contributed by atoms with Crippen LogP contribution in [0.5, 0.6) is 0 Å². The summed E-state index contributed by atoms with van der Waals surface area (Å²) in [6.07, 6.45) is 11.3. The van der Waals surface area contributed by atoms with Gasteiger partial charge in [-0.25, -0.2) is 0 Å². The Kier molecular flexibility index (Phi) is 10.8. The van der Waals surface area contributed by atoms with E-state index in [1.54, 1.807) is 6.92 Å². The van der Waals surface area contributed by atoms with E-state index in [2.05, 4.69) is 45.0 Å². The number of Topliss-reactive ketones (excluding diaryl/α,β-unsaturated/α-hetero) is 1. The lowest BCUT2D eigenvalue weighted by Crippen LogP contribution is -2.19. The third-order valence-electron chi connectivity index (χ3n) is 3.74. The summed E-state index contributed by atoms with van der Waals surface area (Å²) in [5.41, 5.74) is 0. The van der Waals surface area contributed by atoms with Crippen molar-refractivity contribution in [3.05, 3.63) is 12.2 Å². The minimum Gasteiger partial charge on any atom is -0.309 e. The van der Waals surface area contributed by atoms with Crippen molar-refractivity contribution >= 4 is 5.78 Å². The van der Waals surface area contributed by atoms with Crippen LogP contribution in [0, 0.1) is 11.8 Å². The predicted octanol–water partition coefficient (Wildman–Crippen LogP) is 4.31.